The number of fused-ring (bicyclic) bond motifs is 1. The van der Waals surface area contributed by atoms with Crippen molar-refractivity contribution in [3.8, 4) is 5.75 Å². The van der Waals surface area contributed by atoms with Crippen LogP contribution in [0.4, 0.5) is 4.39 Å². The highest BCUT2D eigenvalue weighted by Crippen LogP contribution is 2.31. The van der Waals surface area contributed by atoms with Gasteiger partial charge in [-0.3, -0.25) is 23.7 Å². The van der Waals surface area contributed by atoms with Gasteiger partial charge in [0.1, 0.15) is 11.6 Å². The van der Waals surface area contributed by atoms with Crippen LogP contribution in [-0.4, -0.2) is 41.8 Å². The molecule has 9 nitrogen and oxygen atoms in total. The number of aromatic hydroxyl groups is 1. The Morgan fingerprint density at radius 2 is 1.94 bits per heavy atom. The Morgan fingerprint density at radius 1 is 1.22 bits per heavy atom. The maximum Gasteiger partial charge on any atom is 0.296 e. The quantitative estimate of drug-likeness (QED) is 0.623. The number of nitrogens with one attached hydrogen (secondary N) is 1. The van der Waals surface area contributed by atoms with Crippen LogP contribution < -0.4 is 10.9 Å². The van der Waals surface area contributed by atoms with Gasteiger partial charge in [-0.25, -0.2) is 9.37 Å². The summed E-state index contributed by atoms with van der Waals surface area (Å²) in [5.74, 6) is -1.33. The summed E-state index contributed by atoms with van der Waals surface area (Å²) in [7, 11) is 1.87. The van der Waals surface area contributed by atoms with E-state index < -0.39 is 22.8 Å². The molecule has 0 saturated heterocycles. The first kappa shape index (κ1) is 21.7. The Balaban J connectivity index is 1.62. The first-order chi connectivity index (χ1) is 15.2. The molecule has 1 aliphatic heterocycles. The third-order valence-electron chi connectivity index (χ3n) is 5.93. The predicted octanol–water partition coefficient (Wildman–Crippen LogP) is 1.50. The fourth-order valence-electron chi connectivity index (χ4n) is 3.92. The molecule has 1 amide bonds. The fourth-order valence-corrected chi connectivity index (χ4v) is 3.92. The molecule has 0 saturated carbocycles. The highest BCUT2D eigenvalue weighted by molar-refractivity contribution is 5.94. The van der Waals surface area contributed by atoms with Crippen LogP contribution in [0.1, 0.15) is 41.4 Å². The maximum atomic E-state index is 13.1. The molecule has 3 heterocycles. The largest absolute Gasteiger partial charge is 0.501 e. The molecule has 0 fully saturated rings. The molecule has 0 atom stereocenters. The van der Waals surface area contributed by atoms with Gasteiger partial charge in [-0.2, -0.15) is 5.10 Å². The average molecular weight is 440 g/mol. The van der Waals surface area contributed by atoms with Crippen molar-refractivity contribution in [2.45, 2.75) is 39.0 Å². The Kier molecular flexibility index (Phi) is 5.55. The van der Waals surface area contributed by atoms with E-state index in [1.54, 1.807) is 23.0 Å². The molecule has 1 aliphatic rings. The Labute approximate surface area is 184 Å². The number of halogens is 1. The molecule has 0 radical (unpaired) electrons. The average Bonchev–Trinajstić information content (AvgIpc) is 3.16. The molecule has 10 heteroatoms. The zero-order chi connectivity index (χ0) is 23.0. The van der Waals surface area contributed by atoms with Gasteiger partial charge in [-0.15, -0.1) is 0 Å². The Bertz CT molecular complexity index is 1220. The lowest BCUT2D eigenvalue weighted by Crippen LogP contribution is -2.52. The normalized spacial score (nSPS) is 15.4. The van der Waals surface area contributed by atoms with Crippen molar-refractivity contribution < 1.29 is 14.3 Å². The van der Waals surface area contributed by atoms with Crippen LogP contribution >= 0.6 is 0 Å². The van der Waals surface area contributed by atoms with Crippen molar-refractivity contribution in [3.63, 3.8) is 0 Å². The number of nitrogens with zero attached hydrogens (tertiary/aromatic N) is 5. The van der Waals surface area contributed by atoms with E-state index in [2.05, 4.69) is 20.3 Å². The van der Waals surface area contributed by atoms with Gasteiger partial charge in [0.05, 0.1) is 11.2 Å². The summed E-state index contributed by atoms with van der Waals surface area (Å²) in [4.78, 5) is 32.2. The molecular weight excluding hydrogens is 415 g/mol. The third-order valence-corrected chi connectivity index (χ3v) is 5.93. The van der Waals surface area contributed by atoms with Crippen LogP contribution in [0.3, 0.4) is 0 Å². The van der Waals surface area contributed by atoms with Crippen LogP contribution in [-0.2, 0) is 32.2 Å². The highest BCUT2D eigenvalue weighted by atomic mass is 19.1. The van der Waals surface area contributed by atoms with Gasteiger partial charge in [0, 0.05) is 39.4 Å². The number of carbonyl (C=O) groups is 1. The topological polar surface area (TPSA) is 105 Å². The Hall–Kier alpha value is -3.53. The molecule has 32 heavy (non-hydrogen) atoms. The van der Waals surface area contributed by atoms with Crippen molar-refractivity contribution in [3.05, 3.63) is 75.5 Å². The first-order valence-corrected chi connectivity index (χ1v) is 10.3. The van der Waals surface area contributed by atoms with E-state index >= 15 is 0 Å². The molecule has 2 N–H and O–H groups in total. The molecule has 2 aromatic heterocycles. The van der Waals surface area contributed by atoms with Crippen molar-refractivity contribution in [2.75, 3.05) is 6.54 Å². The second-order valence-electron chi connectivity index (χ2n) is 8.33. The van der Waals surface area contributed by atoms with Crippen LogP contribution in [0, 0.1) is 5.82 Å². The SMILES string of the molecule is Cn1nccc1CN1CCn2c(nc(C(=O)NCc3ccc(F)cc3)c(O)c2=O)C1(C)C. The molecule has 168 valence electrons. The maximum absolute atomic E-state index is 13.1. The summed E-state index contributed by atoms with van der Waals surface area (Å²) in [5, 5.41) is 17.2. The van der Waals surface area contributed by atoms with E-state index in [1.165, 1.54) is 16.7 Å². The smallest absolute Gasteiger partial charge is 0.296 e. The molecule has 0 unspecified atom stereocenters. The molecule has 1 aromatic carbocycles. The monoisotopic (exact) mass is 440 g/mol. The van der Waals surface area contributed by atoms with Gasteiger partial charge in [0.2, 0.25) is 5.75 Å². The van der Waals surface area contributed by atoms with E-state index in [0.29, 0.717) is 31.0 Å². The number of amides is 1. The third kappa shape index (κ3) is 3.89. The highest BCUT2D eigenvalue weighted by Gasteiger charge is 2.39. The lowest BCUT2D eigenvalue weighted by atomic mass is 9.97. The van der Waals surface area contributed by atoms with Crippen molar-refractivity contribution in [1.29, 1.82) is 0 Å². The number of aryl methyl sites for hydroxylation is 1. The van der Waals surface area contributed by atoms with E-state index in [4.69, 9.17) is 0 Å². The molecule has 3 aromatic rings. The number of benzene rings is 1. The van der Waals surface area contributed by atoms with Crippen LogP contribution in [0.25, 0.3) is 0 Å². The van der Waals surface area contributed by atoms with E-state index in [0.717, 1.165) is 5.69 Å². The number of hydrogen-bond acceptors (Lipinski definition) is 6. The van der Waals surface area contributed by atoms with Gasteiger partial charge in [-0.05, 0) is 37.6 Å². The van der Waals surface area contributed by atoms with E-state index in [9.17, 15) is 19.1 Å². The molecule has 0 bridgehead atoms. The number of hydrogen-bond donors (Lipinski definition) is 2. The van der Waals surface area contributed by atoms with Crippen LogP contribution in [0.2, 0.25) is 0 Å². The Morgan fingerprint density at radius 3 is 2.59 bits per heavy atom. The summed E-state index contributed by atoms with van der Waals surface area (Å²) in [6.45, 7) is 5.47. The molecule has 0 aliphatic carbocycles. The second-order valence-corrected chi connectivity index (χ2v) is 8.33. The summed E-state index contributed by atoms with van der Waals surface area (Å²) >= 11 is 0. The van der Waals surface area contributed by atoms with Gasteiger partial charge in [0.15, 0.2) is 5.69 Å². The standard InChI is InChI=1S/C22H25FN6O3/c1-22(2)21-26-17(19(31)24-12-14-4-6-15(23)7-5-14)18(30)20(32)29(21)11-10-28(22)13-16-8-9-25-27(16)3/h4-9,30H,10-13H2,1-3H3,(H,24,31). The summed E-state index contributed by atoms with van der Waals surface area (Å²) in [6.07, 6.45) is 1.73. The van der Waals surface area contributed by atoms with Crippen LogP contribution in [0.5, 0.6) is 5.75 Å². The minimum Gasteiger partial charge on any atom is -0.501 e. The van der Waals surface area contributed by atoms with Crippen LogP contribution in [0.15, 0.2) is 41.3 Å². The van der Waals surface area contributed by atoms with Crippen molar-refractivity contribution in [2.24, 2.45) is 7.05 Å². The minimum atomic E-state index is -0.679. The van der Waals surface area contributed by atoms with Gasteiger partial charge in [-0.1, -0.05) is 12.1 Å². The number of rotatable bonds is 5. The van der Waals surface area contributed by atoms with Gasteiger partial charge >= 0.3 is 0 Å². The zero-order valence-corrected chi connectivity index (χ0v) is 18.2. The van der Waals surface area contributed by atoms with E-state index in [-0.39, 0.29) is 18.1 Å². The first-order valence-electron chi connectivity index (χ1n) is 10.3. The summed E-state index contributed by atoms with van der Waals surface area (Å²) in [5.41, 5.74) is 0.0389. The van der Waals surface area contributed by atoms with Crippen molar-refractivity contribution >= 4 is 5.91 Å². The summed E-state index contributed by atoms with van der Waals surface area (Å²) in [6, 6.07) is 7.61. The molecule has 0 spiro atoms. The van der Waals surface area contributed by atoms with E-state index in [1.807, 2.05) is 27.0 Å². The lowest BCUT2D eigenvalue weighted by Gasteiger charge is -2.43. The van der Waals surface area contributed by atoms with Gasteiger partial charge in [0.25, 0.3) is 11.5 Å². The number of carbonyl (C=O) groups excluding carboxylic acids is 1. The zero-order valence-electron chi connectivity index (χ0n) is 18.2. The molecule has 4 rings (SSSR count). The summed E-state index contributed by atoms with van der Waals surface area (Å²) < 4.78 is 16.3. The minimum absolute atomic E-state index is 0.106. The fraction of sp³-hybridized carbons (Fsp3) is 0.364. The molecular formula is C22H25FN6O3. The number of aromatic nitrogens is 4. The van der Waals surface area contributed by atoms with Crippen molar-refractivity contribution in [1.82, 2.24) is 29.5 Å². The lowest BCUT2D eigenvalue weighted by molar-refractivity contribution is 0.0626. The predicted molar refractivity (Wildman–Crippen MR) is 114 cm³/mol. The second kappa shape index (κ2) is 8.19. The van der Waals surface area contributed by atoms with Gasteiger partial charge < -0.3 is 10.4 Å².